The fraction of sp³-hybridized carbons (Fsp3) is 0.462. The van der Waals surface area contributed by atoms with Gasteiger partial charge >= 0.3 is 0 Å². The van der Waals surface area contributed by atoms with E-state index in [4.69, 9.17) is 0 Å². The first-order valence-corrected chi connectivity index (χ1v) is 5.68. The average molecular weight is 203 g/mol. The second-order valence-corrected chi connectivity index (χ2v) is 4.01. The van der Waals surface area contributed by atoms with E-state index in [2.05, 4.69) is 13.0 Å². The minimum Gasteiger partial charge on any atom is -0.335 e. The smallest absolute Gasteiger partial charge is 0.254 e. The van der Waals surface area contributed by atoms with E-state index in [0.717, 1.165) is 31.5 Å². The predicted octanol–water partition coefficient (Wildman–Crippen LogP) is 2.61. The second-order valence-electron chi connectivity index (χ2n) is 4.01. The number of fused-ring (bicyclic) bond motifs is 1. The fourth-order valence-electron chi connectivity index (χ4n) is 2.21. The highest BCUT2D eigenvalue weighted by Crippen LogP contribution is 2.26. The molecule has 2 heteroatoms. The van der Waals surface area contributed by atoms with Crippen LogP contribution in [0.5, 0.6) is 0 Å². The number of hydrogen-bond acceptors (Lipinski definition) is 1. The topological polar surface area (TPSA) is 20.3 Å². The van der Waals surface area contributed by atoms with Crippen molar-refractivity contribution in [2.24, 2.45) is 0 Å². The Morgan fingerprint density at radius 2 is 2.13 bits per heavy atom. The third-order valence-corrected chi connectivity index (χ3v) is 3.04. The molecule has 0 spiro atoms. The predicted molar refractivity (Wildman–Crippen MR) is 60.9 cm³/mol. The van der Waals surface area contributed by atoms with E-state index in [1.54, 1.807) is 0 Å². The Bertz CT molecular complexity index is 384. The lowest BCUT2D eigenvalue weighted by atomic mass is 10.00. The molecule has 0 radical (unpaired) electrons. The van der Waals surface area contributed by atoms with Crippen LogP contribution in [0.15, 0.2) is 18.2 Å². The van der Waals surface area contributed by atoms with Gasteiger partial charge in [0.2, 0.25) is 0 Å². The number of aryl methyl sites for hydroxylation is 1. The van der Waals surface area contributed by atoms with E-state index in [1.165, 1.54) is 11.1 Å². The van der Waals surface area contributed by atoms with Gasteiger partial charge in [-0.15, -0.1) is 0 Å². The number of benzene rings is 1. The molecule has 1 aliphatic heterocycles. The summed E-state index contributed by atoms with van der Waals surface area (Å²) in [6.45, 7) is 5.82. The van der Waals surface area contributed by atoms with Crippen LogP contribution in [0.2, 0.25) is 0 Å². The van der Waals surface area contributed by atoms with Crippen LogP contribution in [0.4, 0.5) is 0 Å². The molecule has 1 aromatic carbocycles. The van der Waals surface area contributed by atoms with Crippen molar-refractivity contribution >= 4 is 5.91 Å². The van der Waals surface area contributed by atoms with Crippen molar-refractivity contribution in [3.8, 4) is 0 Å². The van der Waals surface area contributed by atoms with Gasteiger partial charge in [0, 0.05) is 18.7 Å². The first-order chi connectivity index (χ1) is 7.27. The number of carbonyl (C=O) groups is 1. The normalized spacial score (nSPS) is 14.5. The average Bonchev–Trinajstić information content (AvgIpc) is 2.58. The Hall–Kier alpha value is -1.31. The van der Waals surface area contributed by atoms with Gasteiger partial charge in [0.05, 0.1) is 0 Å². The van der Waals surface area contributed by atoms with Gasteiger partial charge in [-0.3, -0.25) is 4.79 Å². The Balaban J connectivity index is 2.39. The minimum atomic E-state index is 0.199. The van der Waals surface area contributed by atoms with Gasteiger partial charge in [0.15, 0.2) is 0 Å². The summed E-state index contributed by atoms with van der Waals surface area (Å²) < 4.78 is 0. The number of hydrogen-bond donors (Lipinski definition) is 0. The summed E-state index contributed by atoms with van der Waals surface area (Å²) in [5, 5.41) is 0. The third-order valence-electron chi connectivity index (χ3n) is 3.04. The maximum atomic E-state index is 11.9. The lowest BCUT2D eigenvalue weighted by molar-refractivity contribution is 0.0787. The maximum absolute atomic E-state index is 11.9. The molecule has 80 valence electrons. The highest BCUT2D eigenvalue weighted by molar-refractivity contribution is 5.98. The zero-order valence-corrected chi connectivity index (χ0v) is 9.42. The van der Waals surface area contributed by atoms with Gasteiger partial charge in [-0.25, -0.2) is 0 Å². The van der Waals surface area contributed by atoms with E-state index in [0.29, 0.717) is 0 Å². The summed E-state index contributed by atoms with van der Waals surface area (Å²) in [7, 11) is 0. The molecule has 0 saturated heterocycles. The number of amides is 1. The summed E-state index contributed by atoms with van der Waals surface area (Å²) in [6, 6.07) is 6.10. The van der Waals surface area contributed by atoms with Crippen molar-refractivity contribution in [2.75, 3.05) is 6.54 Å². The molecule has 2 nitrogen and oxygen atoms in total. The monoisotopic (exact) mass is 203 g/mol. The maximum Gasteiger partial charge on any atom is 0.254 e. The van der Waals surface area contributed by atoms with Gasteiger partial charge < -0.3 is 4.90 Å². The van der Waals surface area contributed by atoms with E-state index in [9.17, 15) is 4.79 Å². The Kier molecular flexibility index (Phi) is 2.76. The lowest BCUT2D eigenvalue weighted by Gasteiger charge is -2.11. The van der Waals surface area contributed by atoms with Crippen LogP contribution in [-0.4, -0.2) is 17.4 Å². The van der Waals surface area contributed by atoms with Crippen molar-refractivity contribution in [1.82, 2.24) is 4.90 Å². The Morgan fingerprint density at radius 1 is 1.33 bits per heavy atom. The van der Waals surface area contributed by atoms with Crippen LogP contribution in [-0.2, 0) is 13.0 Å². The highest BCUT2D eigenvalue weighted by Gasteiger charge is 2.27. The number of carbonyl (C=O) groups excluding carboxylic acids is 1. The van der Waals surface area contributed by atoms with Crippen molar-refractivity contribution in [3.63, 3.8) is 0 Å². The first kappa shape index (κ1) is 10.2. The molecule has 0 bridgehead atoms. The molecule has 0 aromatic heterocycles. The summed E-state index contributed by atoms with van der Waals surface area (Å²) in [5.41, 5.74) is 3.52. The molecule has 0 aliphatic carbocycles. The standard InChI is InChI=1S/C13H17NO/c1-3-6-10-7-5-8-11-12(10)9-14(4-2)13(11)15/h5,7-8H,3-4,6,9H2,1-2H3. The van der Waals surface area contributed by atoms with Gasteiger partial charge in [0.1, 0.15) is 0 Å². The first-order valence-electron chi connectivity index (χ1n) is 5.68. The molecule has 2 rings (SSSR count). The number of rotatable bonds is 3. The highest BCUT2D eigenvalue weighted by atomic mass is 16.2. The summed E-state index contributed by atoms with van der Waals surface area (Å²) in [5.74, 6) is 0.199. The van der Waals surface area contributed by atoms with E-state index < -0.39 is 0 Å². The minimum absolute atomic E-state index is 0.199. The second kappa shape index (κ2) is 4.05. The molecular formula is C13H17NO. The van der Waals surface area contributed by atoms with Crippen LogP contribution in [0.25, 0.3) is 0 Å². The molecule has 0 fully saturated rings. The van der Waals surface area contributed by atoms with E-state index in [1.807, 2.05) is 24.0 Å². The molecule has 1 heterocycles. The van der Waals surface area contributed by atoms with E-state index in [-0.39, 0.29) is 5.91 Å². The van der Waals surface area contributed by atoms with Gasteiger partial charge in [-0.2, -0.15) is 0 Å². The summed E-state index contributed by atoms with van der Waals surface area (Å²) in [6.07, 6.45) is 2.21. The molecule has 0 saturated carbocycles. The van der Waals surface area contributed by atoms with Gasteiger partial charge in [-0.05, 0) is 30.5 Å². The molecular weight excluding hydrogens is 186 g/mol. The molecule has 1 aromatic rings. The van der Waals surface area contributed by atoms with E-state index >= 15 is 0 Å². The molecule has 0 atom stereocenters. The van der Waals surface area contributed by atoms with Crippen LogP contribution in [0.3, 0.4) is 0 Å². The van der Waals surface area contributed by atoms with Crippen molar-refractivity contribution < 1.29 is 4.79 Å². The molecule has 1 aliphatic rings. The van der Waals surface area contributed by atoms with Crippen LogP contribution in [0, 0.1) is 0 Å². The van der Waals surface area contributed by atoms with Crippen LogP contribution < -0.4 is 0 Å². The SMILES string of the molecule is CCCc1cccc2c1CN(CC)C2=O. The Morgan fingerprint density at radius 3 is 2.80 bits per heavy atom. The largest absolute Gasteiger partial charge is 0.335 e. The zero-order valence-electron chi connectivity index (χ0n) is 9.42. The van der Waals surface area contributed by atoms with Gasteiger partial charge in [-0.1, -0.05) is 25.5 Å². The van der Waals surface area contributed by atoms with Gasteiger partial charge in [0.25, 0.3) is 5.91 Å². The van der Waals surface area contributed by atoms with Crippen molar-refractivity contribution in [1.29, 1.82) is 0 Å². The summed E-state index contributed by atoms with van der Waals surface area (Å²) >= 11 is 0. The summed E-state index contributed by atoms with van der Waals surface area (Å²) in [4.78, 5) is 13.8. The quantitative estimate of drug-likeness (QED) is 0.739. The molecule has 1 amide bonds. The lowest BCUT2D eigenvalue weighted by Crippen LogP contribution is -2.22. The van der Waals surface area contributed by atoms with Crippen LogP contribution in [0.1, 0.15) is 41.8 Å². The fourth-order valence-corrected chi connectivity index (χ4v) is 2.21. The van der Waals surface area contributed by atoms with Crippen molar-refractivity contribution in [3.05, 3.63) is 34.9 Å². The molecule has 15 heavy (non-hydrogen) atoms. The molecule has 0 unspecified atom stereocenters. The zero-order chi connectivity index (χ0) is 10.8. The van der Waals surface area contributed by atoms with Crippen molar-refractivity contribution in [2.45, 2.75) is 33.2 Å². The Labute approximate surface area is 90.9 Å². The number of nitrogens with zero attached hydrogens (tertiary/aromatic N) is 1. The molecule has 0 N–H and O–H groups in total. The third kappa shape index (κ3) is 1.65. The van der Waals surface area contributed by atoms with Crippen LogP contribution >= 0.6 is 0 Å².